The first-order valence-electron chi connectivity index (χ1n) is 10.1. The molecule has 4 aromatic rings. The van der Waals surface area contributed by atoms with Crippen LogP contribution in [0.2, 0.25) is 0 Å². The number of fused-ring (bicyclic) bond motifs is 3. The predicted octanol–water partition coefficient (Wildman–Crippen LogP) is 2.52. The largest absolute Gasteiger partial charge is 0.379 e. The highest BCUT2D eigenvalue weighted by Gasteiger charge is 2.14. The highest BCUT2D eigenvalue weighted by molar-refractivity contribution is 7.25. The monoisotopic (exact) mass is 422 g/mol. The topological polar surface area (TPSA) is 85.2 Å². The lowest BCUT2D eigenvalue weighted by Crippen LogP contribution is -2.37. The molecule has 0 radical (unpaired) electrons. The fourth-order valence-corrected chi connectivity index (χ4v) is 4.64. The first-order valence-corrected chi connectivity index (χ1v) is 10.9. The number of thiophene rings is 1. The second-order valence-electron chi connectivity index (χ2n) is 7.18. The van der Waals surface area contributed by atoms with Crippen molar-refractivity contribution in [2.45, 2.75) is 6.42 Å². The van der Waals surface area contributed by atoms with Crippen LogP contribution in [-0.2, 0) is 4.74 Å². The van der Waals surface area contributed by atoms with Crippen LogP contribution in [0.5, 0.6) is 0 Å². The Morgan fingerprint density at radius 3 is 2.80 bits per heavy atom. The molecule has 5 rings (SSSR count). The van der Waals surface area contributed by atoms with Crippen molar-refractivity contribution >= 4 is 37.7 Å². The van der Waals surface area contributed by atoms with E-state index in [0.717, 1.165) is 61.7 Å². The van der Waals surface area contributed by atoms with Gasteiger partial charge in [-0.3, -0.25) is 14.3 Å². The zero-order valence-electron chi connectivity index (χ0n) is 16.5. The molecule has 1 saturated heterocycles. The van der Waals surface area contributed by atoms with E-state index in [9.17, 15) is 4.79 Å². The SMILES string of the molecule is O=c1c2sc3nc(NCCCN4CCOCC4)ncc3c2ncn1-c1ccccc1. The Kier molecular flexibility index (Phi) is 5.39. The number of rotatable bonds is 6. The maximum atomic E-state index is 13.0. The van der Waals surface area contributed by atoms with Gasteiger partial charge in [-0.15, -0.1) is 11.3 Å². The Bertz CT molecular complexity index is 1220. The van der Waals surface area contributed by atoms with Crippen molar-refractivity contribution in [2.75, 3.05) is 44.7 Å². The third-order valence-corrected chi connectivity index (χ3v) is 6.29. The van der Waals surface area contributed by atoms with Crippen LogP contribution in [0.3, 0.4) is 0 Å². The molecule has 1 aliphatic heterocycles. The summed E-state index contributed by atoms with van der Waals surface area (Å²) in [5, 5.41) is 4.11. The van der Waals surface area contributed by atoms with Gasteiger partial charge in [-0.1, -0.05) is 18.2 Å². The van der Waals surface area contributed by atoms with Crippen molar-refractivity contribution < 1.29 is 4.74 Å². The quantitative estimate of drug-likeness (QED) is 0.478. The normalized spacial score (nSPS) is 15.1. The molecule has 8 nitrogen and oxygen atoms in total. The first kappa shape index (κ1) is 19.1. The van der Waals surface area contributed by atoms with Crippen molar-refractivity contribution in [1.82, 2.24) is 24.4 Å². The second-order valence-corrected chi connectivity index (χ2v) is 8.18. The average Bonchev–Trinajstić information content (AvgIpc) is 3.17. The number of nitrogens with zero attached hydrogens (tertiary/aromatic N) is 5. The molecule has 1 fully saturated rings. The highest BCUT2D eigenvalue weighted by atomic mass is 32.1. The molecule has 0 spiro atoms. The zero-order valence-corrected chi connectivity index (χ0v) is 17.3. The molecule has 9 heteroatoms. The number of hydrogen-bond acceptors (Lipinski definition) is 8. The van der Waals surface area contributed by atoms with Crippen molar-refractivity contribution in [3.63, 3.8) is 0 Å². The molecule has 0 bridgehead atoms. The van der Waals surface area contributed by atoms with Crippen molar-refractivity contribution in [1.29, 1.82) is 0 Å². The van der Waals surface area contributed by atoms with Gasteiger partial charge in [-0.2, -0.15) is 0 Å². The van der Waals surface area contributed by atoms with E-state index in [4.69, 9.17) is 4.74 Å². The first-order chi connectivity index (χ1) is 14.8. The summed E-state index contributed by atoms with van der Waals surface area (Å²) in [5.74, 6) is 0.583. The molecule has 0 saturated carbocycles. The van der Waals surface area contributed by atoms with Gasteiger partial charge in [0.05, 0.1) is 29.8 Å². The summed E-state index contributed by atoms with van der Waals surface area (Å²) in [5.41, 5.74) is 1.36. The van der Waals surface area contributed by atoms with Gasteiger partial charge in [0.2, 0.25) is 5.95 Å². The molecule has 1 aliphatic rings. The minimum Gasteiger partial charge on any atom is -0.379 e. The van der Waals surface area contributed by atoms with E-state index in [2.05, 4.69) is 25.2 Å². The van der Waals surface area contributed by atoms with Gasteiger partial charge in [-0.25, -0.2) is 15.0 Å². The summed E-state index contributed by atoms with van der Waals surface area (Å²) >= 11 is 1.36. The van der Waals surface area contributed by atoms with Gasteiger partial charge < -0.3 is 10.1 Å². The highest BCUT2D eigenvalue weighted by Crippen LogP contribution is 2.29. The van der Waals surface area contributed by atoms with E-state index in [1.165, 1.54) is 11.3 Å². The Hall–Kier alpha value is -2.88. The number of morpholine rings is 1. The van der Waals surface area contributed by atoms with Gasteiger partial charge in [0.25, 0.3) is 5.56 Å². The minimum absolute atomic E-state index is 0.0887. The van der Waals surface area contributed by atoms with Gasteiger partial charge in [0, 0.05) is 25.8 Å². The summed E-state index contributed by atoms with van der Waals surface area (Å²) in [6.45, 7) is 5.46. The van der Waals surface area contributed by atoms with Crippen LogP contribution in [0.1, 0.15) is 6.42 Å². The van der Waals surface area contributed by atoms with Gasteiger partial charge in [0.1, 0.15) is 15.9 Å². The average molecular weight is 423 g/mol. The molecule has 3 aromatic heterocycles. The fraction of sp³-hybridized carbons (Fsp3) is 0.333. The van der Waals surface area contributed by atoms with Crippen molar-refractivity contribution in [3.8, 4) is 5.69 Å². The van der Waals surface area contributed by atoms with Crippen LogP contribution < -0.4 is 10.9 Å². The minimum atomic E-state index is -0.0887. The molecule has 154 valence electrons. The molecule has 0 aliphatic carbocycles. The Labute approximate surface area is 177 Å². The molecule has 1 aromatic carbocycles. The van der Waals surface area contributed by atoms with Crippen LogP contribution in [0.4, 0.5) is 5.95 Å². The molecular weight excluding hydrogens is 400 g/mol. The fourth-order valence-electron chi connectivity index (χ4n) is 3.61. The van der Waals surface area contributed by atoms with Crippen molar-refractivity contribution in [3.05, 3.63) is 53.2 Å². The smallest absolute Gasteiger partial charge is 0.275 e. The summed E-state index contributed by atoms with van der Waals surface area (Å²) < 4.78 is 7.54. The summed E-state index contributed by atoms with van der Waals surface area (Å²) in [6.07, 6.45) is 4.34. The van der Waals surface area contributed by atoms with E-state index in [0.29, 0.717) is 16.2 Å². The molecule has 30 heavy (non-hydrogen) atoms. The van der Waals surface area contributed by atoms with Gasteiger partial charge in [-0.05, 0) is 25.1 Å². The maximum Gasteiger partial charge on any atom is 0.275 e. The van der Waals surface area contributed by atoms with Crippen molar-refractivity contribution in [2.24, 2.45) is 0 Å². The predicted molar refractivity (Wildman–Crippen MR) is 119 cm³/mol. The van der Waals surface area contributed by atoms with Gasteiger partial charge >= 0.3 is 0 Å². The Balaban J connectivity index is 1.35. The zero-order chi connectivity index (χ0) is 20.3. The van der Waals surface area contributed by atoms with Crippen LogP contribution in [0.15, 0.2) is 47.7 Å². The van der Waals surface area contributed by atoms with Crippen LogP contribution >= 0.6 is 11.3 Å². The van der Waals surface area contributed by atoms with Crippen LogP contribution in [0.25, 0.3) is 26.1 Å². The summed E-state index contributed by atoms with van der Waals surface area (Å²) in [7, 11) is 0. The molecule has 1 N–H and O–H groups in total. The van der Waals surface area contributed by atoms with E-state index < -0.39 is 0 Å². The number of aromatic nitrogens is 4. The van der Waals surface area contributed by atoms with E-state index in [-0.39, 0.29) is 5.56 Å². The lowest BCUT2D eigenvalue weighted by Gasteiger charge is -2.26. The standard InChI is InChI=1S/C21H22N6O2S/c28-20-18-17(24-14-27(20)15-5-2-1-3-6-15)16-13-23-21(25-19(16)30-18)22-7-4-8-26-9-11-29-12-10-26/h1-3,5-6,13-14H,4,7-12H2,(H,22,23,25). The summed E-state index contributed by atoms with van der Waals surface area (Å²) in [6, 6.07) is 9.51. The van der Waals surface area contributed by atoms with E-state index in [1.807, 2.05) is 30.3 Å². The lowest BCUT2D eigenvalue weighted by molar-refractivity contribution is 0.0378. The number of benzene rings is 1. The molecular formula is C21H22N6O2S. The maximum absolute atomic E-state index is 13.0. The van der Waals surface area contributed by atoms with E-state index >= 15 is 0 Å². The van der Waals surface area contributed by atoms with Gasteiger partial charge in [0.15, 0.2) is 0 Å². The third kappa shape index (κ3) is 3.79. The van der Waals surface area contributed by atoms with Crippen LogP contribution in [0, 0.1) is 0 Å². The number of para-hydroxylation sites is 1. The second kappa shape index (κ2) is 8.47. The van der Waals surface area contributed by atoms with Crippen LogP contribution in [-0.4, -0.2) is 63.8 Å². The molecule has 0 unspecified atom stereocenters. The van der Waals surface area contributed by atoms with E-state index in [1.54, 1.807) is 17.1 Å². The third-order valence-electron chi connectivity index (χ3n) is 5.21. The lowest BCUT2D eigenvalue weighted by atomic mass is 10.3. The molecule has 0 atom stereocenters. The number of ether oxygens (including phenoxy) is 1. The molecule has 0 amide bonds. The number of hydrogen-bond donors (Lipinski definition) is 1. The molecule has 4 heterocycles. The summed E-state index contributed by atoms with van der Waals surface area (Å²) in [4.78, 5) is 29.7. The number of nitrogens with one attached hydrogen (secondary N) is 1. The Morgan fingerprint density at radius 2 is 1.97 bits per heavy atom. The Morgan fingerprint density at radius 1 is 1.13 bits per heavy atom. The number of anilines is 1.